The summed E-state index contributed by atoms with van der Waals surface area (Å²) in [7, 11) is 0. The maximum atomic E-state index is 11.5. The normalized spacial score (nSPS) is 10.2. The average Bonchev–Trinajstić information content (AvgIpc) is 2.35. The summed E-state index contributed by atoms with van der Waals surface area (Å²) in [5.41, 5.74) is 0. The van der Waals surface area contributed by atoms with Crippen molar-refractivity contribution in [1.29, 1.82) is 0 Å². The third kappa shape index (κ3) is 6.77. The molecule has 1 aromatic rings. The van der Waals surface area contributed by atoms with Gasteiger partial charge in [-0.15, -0.1) is 0 Å². The summed E-state index contributed by atoms with van der Waals surface area (Å²) in [4.78, 5) is 11.5. The Morgan fingerprint density at radius 3 is 2.65 bits per heavy atom. The summed E-state index contributed by atoms with van der Waals surface area (Å²) in [5, 5.41) is 0. The molecule has 0 bridgehead atoms. The molecular formula is C15H21O2. The SMILES string of the molecule is CCCCCCCCC(=O)Oc1[c]cccc1. The Hall–Kier alpha value is -1.31. The maximum Gasteiger partial charge on any atom is 0.311 e. The van der Waals surface area contributed by atoms with Gasteiger partial charge in [0.25, 0.3) is 0 Å². The minimum absolute atomic E-state index is 0.150. The molecule has 0 fully saturated rings. The Balaban J connectivity index is 2.06. The van der Waals surface area contributed by atoms with Crippen molar-refractivity contribution >= 4 is 5.97 Å². The number of rotatable bonds is 8. The second-order valence-electron chi connectivity index (χ2n) is 4.22. The second kappa shape index (κ2) is 8.80. The summed E-state index contributed by atoms with van der Waals surface area (Å²) < 4.78 is 5.15. The molecule has 0 saturated heterocycles. The number of carbonyl (C=O) groups excluding carboxylic acids is 1. The highest BCUT2D eigenvalue weighted by molar-refractivity contribution is 5.72. The lowest BCUT2D eigenvalue weighted by Crippen LogP contribution is -2.07. The quantitative estimate of drug-likeness (QED) is 0.383. The molecule has 0 saturated carbocycles. The van der Waals surface area contributed by atoms with Crippen LogP contribution in [0.4, 0.5) is 0 Å². The van der Waals surface area contributed by atoms with Gasteiger partial charge in [0.15, 0.2) is 0 Å². The number of hydrogen-bond acceptors (Lipinski definition) is 2. The third-order valence-electron chi connectivity index (χ3n) is 2.64. The van der Waals surface area contributed by atoms with Crippen LogP contribution in [0, 0.1) is 6.07 Å². The van der Waals surface area contributed by atoms with Crippen LogP contribution in [0.3, 0.4) is 0 Å². The van der Waals surface area contributed by atoms with Crippen LogP contribution in [0.15, 0.2) is 24.3 Å². The first-order valence-electron chi connectivity index (χ1n) is 6.50. The standard InChI is InChI=1S/C15H21O2/c1-2-3-4-5-6-10-13-15(16)17-14-11-8-7-9-12-14/h7-9,11H,2-6,10,13H2,1H3. The molecule has 0 heterocycles. The van der Waals surface area contributed by atoms with Crippen molar-refractivity contribution in [2.75, 3.05) is 0 Å². The van der Waals surface area contributed by atoms with Crippen molar-refractivity contribution in [1.82, 2.24) is 0 Å². The zero-order chi connectivity index (χ0) is 12.3. The van der Waals surface area contributed by atoms with Gasteiger partial charge in [0, 0.05) is 12.5 Å². The molecular weight excluding hydrogens is 212 g/mol. The number of carbonyl (C=O) groups is 1. The Morgan fingerprint density at radius 2 is 1.94 bits per heavy atom. The van der Waals surface area contributed by atoms with Crippen molar-refractivity contribution in [2.45, 2.75) is 51.9 Å². The second-order valence-corrected chi connectivity index (χ2v) is 4.22. The summed E-state index contributed by atoms with van der Waals surface area (Å²) in [6, 6.07) is 10.1. The molecule has 1 aromatic carbocycles. The van der Waals surface area contributed by atoms with E-state index in [0.29, 0.717) is 12.2 Å². The van der Waals surface area contributed by atoms with Gasteiger partial charge in [0.2, 0.25) is 0 Å². The molecule has 0 aliphatic carbocycles. The molecule has 0 amide bonds. The van der Waals surface area contributed by atoms with Crippen LogP contribution in [-0.2, 0) is 4.79 Å². The maximum absolute atomic E-state index is 11.5. The van der Waals surface area contributed by atoms with Crippen molar-refractivity contribution in [3.05, 3.63) is 30.3 Å². The molecule has 1 rings (SSSR count). The lowest BCUT2D eigenvalue weighted by molar-refractivity contribution is -0.134. The highest BCUT2D eigenvalue weighted by Gasteiger charge is 2.03. The van der Waals surface area contributed by atoms with E-state index in [0.717, 1.165) is 12.8 Å². The van der Waals surface area contributed by atoms with E-state index in [2.05, 4.69) is 13.0 Å². The van der Waals surface area contributed by atoms with E-state index in [1.165, 1.54) is 25.7 Å². The number of esters is 1. The molecule has 93 valence electrons. The number of hydrogen-bond donors (Lipinski definition) is 0. The van der Waals surface area contributed by atoms with E-state index in [1.54, 1.807) is 12.1 Å². The molecule has 2 nitrogen and oxygen atoms in total. The molecule has 0 N–H and O–H groups in total. The van der Waals surface area contributed by atoms with Gasteiger partial charge in [0.1, 0.15) is 5.75 Å². The van der Waals surface area contributed by atoms with Crippen LogP contribution in [0.1, 0.15) is 51.9 Å². The van der Waals surface area contributed by atoms with E-state index < -0.39 is 0 Å². The van der Waals surface area contributed by atoms with Gasteiger partial charge in [-0.2, -0.15) is 0 Å². The molecule has 0 atom stereocenters. The lowest BCUT2D eigenvalue weighted by atomic mass is 10.1. The van der Waals surface area contributed by atoms with E-state index in [-0.39, 0.29) is 5.97 Å². The van der Waals surface area contributed by atoms with Crippen molar-refractivity contribution in [3.63, 3.8) is 0 Å². The predicted octanol–water partition coefficient (Wildman–Crippen LogP) is 4.14. The Bertz CT molecular complexity index is 306. The summed E-state index contributed by atoms with van der Waals surface area (Å²) >= 11 is 0. The fourth-order valence-corrected chi connectivity index (χ4v) is 1.66. The van der Waals surface area contributed by atoms with E-state index in [1.807, 2.05) is 12.1 Å². The fourth-order valence-electron chi connectivity index (χ4n) is 1.66. The summed E-state index contributed by atoms with van der Waals surface area (Å²) in [6.45, 7) is 2.20. The number of benzene rings is 1. The van der Waals surface area contributed by atoms with Crippen molar-refractivity contribution in [2.24, 2.45) is 0 Å². The van der Waals surface area contributed by atoms with Gasteiger partial charge in [-0.05, 0) is 12.5 Å². The number of ether oxygens (including phenoxy) is 1. The van der Waals surface area contributed by atoms with Gasteiger partial charge in [-0.3, -0.25) is 4.79 Å². The Morgan fingerprint density at radius 1 is 1.18 bits per heavy atom. The smallest absolute Gasteiger partial charge is 0.311 e. The Kier molecular flexibility index (Phi) is 7.12. The zero-order valence-electron chi connectivity index (χ0n) is 10.6. The summed E-state index contributed by atoms with van der Waals surface area (Å²) in [5.74, 6) is 0.367. The highest BCUT2D eigenvalue weighted by atomic mass is 16.5. The minimum atomic E-state index is -0.150. The van der Waals surface area contributed by atoms with Crippen LogP contribution in [0.2, 0.25) is 0 Å². The fraction of sp³-hybridized carbons (Fsp3) is 0.533. The van der Waals surface area contributed by atoms with Gasteiger partial charge < -0.3 is 4.74 Å². The monoisotopic (exact) mass is 233 g/mol. The van der Waals surface area contributed by atoms with Crippen molar-refractivity contribution in [3.8, 4) is 5.75 Å². The zero-order valence-corrected chi connectivity index (χ0v) is 10.6. The highest BCUT2D eigenvalue weighted by Crippen LogP contribution is 2.11. The average molecular weight is 233 g/mol. The molecule has 1 radical (unpaired) electrons. The topological polar surface area (TPSA) is 26.3 Å². The lowest BCUT2D eigenvalue weighted by Gasteiger charge is -2.03. The van der Waals surface area contributed by atoms with Crippen molar-refractivity contribution < 1.29 is 9.53 Å². The van der Waals surface area contributed by atoms with Crippen LogP contribution in [0.5, 0.6) is 5.75 Å². The van der Waals surface area contributed by atoms with E-state index in [4.69, 9.17) is 4.74 Å². The minimum Gasteiger partial charge on any atom is -0.426 e. The molecule has 0 aromatic heterocycles. The van der Waals surface area contributed by atoms with Gasteiger partial charge in [-0.25, -0.2) is 0 Å². The Labute approximate surface area is 104 Å². The predicted molar refractivity (Wildman–Crippen MR) is 68.9 cm³/mol. The first kappa shape index (κ1) is 13.8. The first-order valence-corrected chi connectivity index (χ1v) is 6.50. The summed E-state index contributed by atoms with van der Waals surface area (Å²) in [6.07, 6.45) is 7.60. The molecule has 0 aliphatic rings. The number of unbranched alkanes of at least 4 members (excludes halogenated alkanes) is 5. The molecule has 0 unspecified atom stereocenters. The van der Waals surface area contributed by atoms with Crippen LogP contribution in [-0.4, -0.2) is 5.97 Å². The van der Waals surface area contributed by atoms with Gasteiger partial charge in [0.05, 0.1) is 0 Å². The van der Waals surface area contributed by atoms with Crippen LogP contribution in [0.25, 0.3) is 0 Å². The molecule has 0 spiro atoms. The third-order valence-corrected chi connectivity index (χ3v) is 2.64. The van der Waals surface area contributed by atoms with E-state index >= 15 is 0 Å². The van der Waals surface area contributed by atoms with Crippen LogP contribution < -0.4 is 4.74 Å². The van der Waals surface area contributed by atoms with E-state index in [9.17, 15) is 4.79 Å². The molecule has 2 heteroatoms. The largest absolute Gasteiger partial charge is 0.426 e. The first-order chi connectivity index (χ1) is 8.33. The van der Waals surface area contributed by atoms with Gasteiger partial charge >= 0.3 is 5.97 Å². The molecule has 0 aliphatic heterocycles. The van der Waals surface area contributed by atoms with Gasteiger partial charge in [-0.1, -0.05) is 57.2 Å². The van der Waals surface area contributed by atoms with Crippen LogP contribution >= 0.6 is 0 Å². The molecule has 17 heavy (non-hydrogen) atoms. The number of para-hydroxylation sites is 1.